The molecular formula is C15H20O3. The number of fused-ring (bicyclic) bond motifs is 1. The molecule has 0 aliphatic carbocycles. The summed E-state index contributed by atoms with van der Waals surface area (Å²) in [7, 11) is 0. The molecule has 1 aliphatic rings. The zero-order chi connectivity index (χ0) is 13.1. The Bertz CT molecular complexity index is 428. The van der Waals surface area contributed by atoms with Crippen molar-refractivity contribution in [3.8, 4) is 5.75 Å². The summed E-state index contributed by atoms with van der Waals surface area (Å²) in [6.07, 6.45) is 1.89. The van der Waals surface area contributed by atoms with Gasteiger partial charge in [-0.25, -0.2) is 0 Å². The van der Waals surface area contributed by atoms with Gasteiger partial charge in [0, 0.05) is 0 Å². The van der Waals surface area contributed by atoms with Crippen molar-refractivity contribution in [3.05, 3.63) is 29.8 Å². The summed E-state index contributed by atoms with van der Waals surface area (Å²) in [6.45, 7) is 4.55. The molecule has 0 saturated carbocycles. The van der Waals surface area contributed by atoms with Gasteiger partial charge in [-0.3, -0.25) is 4.79 Å². The van der Waals surface area contributed by atoms with E-state index in [2.05, 4.69) is 6.07 Å². The zero-order valence-electron chi connectivity index (χ0n) is 10.9. The number of carbonyl (C=O) groups is 1. The second kappa shape index (κ2) is 5.42. The van der Waals surface area contributed by atoms with Crippen LogP contribution in [0.5, 0.6) is 5.75 Å². The second-order valence-electron chi connectivity index (χ2n) is 5.21. The first-order chi connectivity index (χ1) is 8.59. The molecule has 3 nitrogen and oxygen atoms in total. The predicted octanol–water partition coefficient (Wildman–Crippen LogP) is 3.30. The average Bonchev–Trinajstić information content (AvgIpc) is 2.38. The van der Waals surface area contributed by atoms with Crippen LogP contribution in [0.1, 0.15) is 38.2 Å². The average molecular weight is 248 g/mol. The summed E-state index contributed by atoms with van der Waals surface area (Å²) in [5, 5.41) is 9.05. The minimum absolute atomic E-state index is 0.179. The van der Waals surface area contributed by atoms with Gasteiger partial charge in [0.1, 0.15) is 5.75 Å². The van der Waals surface area contributed by atoms with Gasteiger partial charge in [-0.2, -0.15) is 0 Å². The highest BCUT2D eigenvalue weighted by Gasteiger charge is 2.27. The molecule has 0 amide bonds. The highest BCUT2D eigenvalue weighted by molar-refractivity contribution is 5.69. The van der Waals surface area contributed by atoms with Crippen molar-refractivity contribution in [2.24, 2.45) is 11.8 Å². The fourth-order valence-electron chi connectivity index (χ4n) is 2.56. The van der Waals surface area contributed by atoms with Gasteiger partial charge in [0.05, 0.1) is 12.5 Å². The Morgan fingerprint density at radius 2 is 2.17 bits per heavy atom. The molecule has 1 aromatic rings. The fourth-order valence-corrected chi connectivity index (χ4v) is 2.56. The summed E-state index contributed by atoms with van der Waals surface area (Å²) in [6, 6.07) is 8.08. The molecule has 1 aromatic carbocycles. The molecule has 0 saturated heterocycles. The fraction of sp³-hybridized carbons (Fsp3) is 0.533. The van der Waals surface area contributed by atoms with E-state index < -0.39 is 5.97 Å². The Morgan fingerprint density at radius 1 is 1.44 bits per heavy atom. The number of hydrogen-bond donors (Lipinski definition) is 1. The third kappa shape index (κ3) is 2.66. The van der Waals surface area contributed by atoms with Gasteiger partial charge in [0.2, 0.25) is 0 Å². The summed E-state index contributed by atoms with van der Waals surface area (Å²) in [4.78, 5) is 11.0. The first-order valence-corrected chi connectivity index (χ1v) is 6.54. The van der Waals surface area contributed by atoms with Crippen LogP contribution in [0.3, 0.4) is 0 Å². The van der Waals surface area contributed by atoms with E-state index >= 15 is 0 Å². The molecule has 3 atom stereocenters. The molecule has 1 N–H and O–H groups in total. The molecule has 3 unspecified atom stereocenters. The van der Waals surface area contributed by atoms with E-state index in [0.29, 0.717) is 5.92 Å². The number of carboxylic acids is 1. The van der Waals surface area contributed by atoms with Crippen molar-refractivity contribution >= 4 is 5.97 Å². The maximum Gasteiger partial charge on any atom is 0.306 e. The van der Waals surface area contributed by atoms with E-state index in [1.165, 1.54) is 5.56 Å². The predicted molar refractivity (Wildman–Crippen MR) is 69.9 cm³/mol. The summed E-state index contributed by atoms with van der Waals surface area (Å²) in [5.41, 5.74) is 1.23. The minimum Gasteiger partial charge on any atom is -0.493 e. The van der Waals surface area contributed by atoms with Crippen molar-refractivity contribution in [2.75, 3.05) is 6.61 Å². The van der Waals surface area contributed by atoms with Gasteiger partial charge in [0.15, 0.2) is 0 Å². The Labute approximate surface area is 108 Å². The van der Waals surface area contributed by atoms with Crippen LogP contribution in [0.15, 0.2) is 24.3 Å². The van der Waals surface area contributed by atoms with Crippen LogP contribution in [-0.4, -0.2) is 17.7 Å². The number of ether oxygens (including phenoxy) is 1. The lowest BCUT2D eigenvalue weighted by Crippen LogP contribution is -2.22. The number of hydrogen-bond acceptors (Lipinski definition) is 2. The number of para-hydroxylation sites is 1. The molecule has 1 heterocycles. The van der Waals surface area contributed by atoms with Crippen molar-refractivity contribution in [1.82, 2.24) is 0 Å². The highest BCUT2D eigenvalue weighted by atomic mass is 16.5. The number of carboxylic acid groups (broad SMARTS) is 1. The third-order valence-corrected chi connectivity index (χ3v) is 3.98. The molecular weight excluding hydrogens is 228 g/mol. The number of benzene rings is 1. The Morgan fingerprint density at radius 3 is 2.89 bits per heavy atom. The normalized spacial score (nSPS) is 21.6. The van der Waals surface area contributed by atoms with E-state index in [-0.39, 0.29) is 11.8 Å². The van der Waals surface area contributed by atoms with Gasteiger partial charge in [-0.05, 0) is 36.3 Å². The van der Waals surface area contributed by atoms with Crippen LogP contribution in [0, 0.1) is 11.8 Å². The van der Waals surface area contributed by atoms with Gasteiger partial charge in [-0.1, -0.05) is 32.0 Å². The maximum absolute atomic E-state index is 11.0. The van der Waals surface area contributed by atoms with Crippen molar-refractivity contribution in [3.63, 3.8) is 0 Å². The van der Waals surface area contributed by atoms with E-state index in [1.807, 2.05) is 25.1 Å². The molecule has 0 spiro atoms. The molecule has 1 aliphatic heterocycles. The van der Waals surface area contributed by atoms with Crippen molar-refractivity contribution < 1.29 is 14.6 Å². The monoisotopic (exact) mass is 248 g/mol. The standard InChI is InChI=1S/C15H20O3/c1-10(11(2)15(16)17)9-12-7-8-18-14-6-4-3-5-13(12)14/h3-6,10-12H,7-9H2,1-2H3,(H,16,17). The molecule has 2 rings (SSSR count). The first-order valence-electron chi connectivity index (χ1n) is 6.54. The lowest BCUT2D eigenvalue weighted by molar-refractivity contribution is -0.142. The summed E-state index contributed by atoms with van der Waals surface area (Å²) < 4.78 is 5.63. The molecule has 0 aromatic heterocycles. The largest absolute Gasteiger partial charge is 0.493 e. The van der Waals surface area contributed by atoms with Crippen LogP contribution in [0.2, 0.25) is 0 Å². The van der Waals surface area contributed by atoms with Gasteiger partial charge in [-0.15, -0.1) is 0 Å². The molecule has 98 valence electrons. The zero-order valence-corrected chi connectivity index (χ0v) is 10.9. The van der Waals surface area contributed by atoms with Crippen LogP contribution in [-0.2, 0) is 4.79 Å². The first kappa shape index (κ1) is 12.9. The molecule has 18 heavy (non-hydrogen) atoms. The minimum atomic E-state index is -0.706. The van der Waals surface area contributed by atoms with Crippen LogP contribution < -0.4 is 4.74 Å². The van der Waals surface area contributed by atoms with Gasteiger partial charge in [0.25, 0.3) is 0 Å². The van der Waals surface area contributed by atoms with Gasteiger partial charge < -0.3 is 9.84 Å². The van der Waals surface area contributed by atoms with E-state index in [4.69, 9.17) is 9.84 Å². The smallest absolute Gasteiger partial charge is 0.306 e. The Balaban J connectivity index is 2.09. The van der Waals surface area contributed by atoms with Crippen LogP contribution >= 0.6 is 0 Å². The summed E-state index contributed by atoms with van der Waals surface area (Å²) >= 11 is 0. The Kier molecular flexibility index (Phi) is 3.90. The van der Waals surface area contributed by atoms with E-state index in [1.54, 1.807) is 6.92 Å². The van der Waals surface area contributed by atoms with E-state index in [9.17, 15) is 4.79 Å². The maximum atomic E-state index is 11.0. The molecule has 0 bridgehead atoms. The van der Waals surface area contributed by atoms with Crippen molar-refractivity contribution in [2.45, 2.75) is 32.6 Å². The Hall–Kier alpha value is -1.51. The third-order valence-electron chi connectivity index (χ3n) is 3.98. The number of aliphatic carboxylic acids is 1. The number of rotatable bonds is 4. The lowest BCUT2D eigenvalue weighted by atomic mass is 9.81. The highest BCUT2D eigenvalue weighted by Crippen LogP contribution is 2.38. The van der Waals surface area contributed by atoms with E-state index in [0.717, 1.165) is 25.2 Å². The summed E-state index contributed by atoms with van der Waals surface area (Å²) in [5.74, 6) is 0.567. The molecule has 3 heteroatoms. The SMILES string of the molecule is CC(CC1CCOc2ccccc21)C(C)C(=O)O. The van der Waals surface area contributed by atoms with Gasteiger partial charge >= 0.3 is 5.97 Å². The lowest BCUT2D eigenvalue weighted by Gasteiger charge is -2.29. The quantitative estimate of drug-likeness (QED) is 0.889. The van der Waals surface area contributed by atoms with Crippen molar-refractivity contribution in [1.29, 1.82) is 0 Å². The molecule has 0 radical (unpaired) electrons. The van der Waals surface area contributed by atoms with Crippen LogP contribution in [0.25, 0.3) is 0 Å². The van der Waals surface area contributed by atoms with Crippen LogP contribution in [0.4, 0.5) is 0 Å². The topological polar surface area (TPSA) is 46.5 Å². The second-order valence-corrected chi connectivity index (χ2v) is 5.21. The molecule has 0 fully saturated rings.